The van der Waals surface area contributed by atoms with Gasteiger partial charge in [-0.3, -0.25) is 19.6 Å². The first-order chi connectivity index (χ1) is 13.4. The highest BCUT2D eigenvalue weighted by atomic mass is 79.9. The molecule has 0 bridgehead atoms. The largest absolute Gasteiger partial charge is 0.507 e. The molecule has 0 radical (unpaired) electrons. The second-order valence-corrected chi connectivity index (χ2v) is 6.56. The van der Waals surface area contributed by atoms with Gasteiger partial charge in [-0.15, -0.1) is 0 Å². The molecule has 10 heteroatoms. The Bertz CT molecular complexity index is 1050. The van der Waals surface area contributed by atoms with Gasteiger partial charge in [0.15, 0.2) is 5.69 Å². The Labute approximate surface area is 167 Å². The summed E-state index contributed by atoms with van der Waals surface area (Å²) in [6.07, 6.45) is 2.96. The molecule has 3 rings (SSSR count). The van der Waals surface area contributed by atoms with Gasteiger partial charge in [0.25, 0.3) is 11.6 Å². The van der Waals surface area contributed by atoms with Crippen molar-refractivity contribution in [1.29, 1.82) is 0 Å². The van der Waals surface area contributed by atoms with Gasteiger partial charge >= 0.3 is 0 Å². The van der Waals surface area contributed by atoms with Crippen LogP contribution in [0, 0.1) is 10.1 Å². The Kier molecular flexibility index (Phi) is 5.80. The second kappa shape index (κ2) is 8.44. The summed E-state index contributed by atoms with van der Waals surface area (Å²) in [4.78, 5) is 22.5. The Hall–Kier alpha value is -3.53. The van der Waals surface area contributed by atoms with Crippen LogP contribution in [0.2, 0.25) is 0 Å². The summed E-state index contributed by atoms with van der Waals surface area (Å²) in [6, 6.07) is 12.7. The molecule has 0 atom stereocenters. The van der Waals surface area contributed by atoms with Crippen molar-refractivity contribution in [2.45, 2.75) is 6.54 Å². The van der Waals surface area contributed by atoms with Gasteiger partial charge < -0.3 is 5.11 Å². The van der Waals surface area contributed by atoms with Crippen molar-refractivity contribution in [3.05, 3.63) is 86.1 Å². The molecule has 142 valence electrons. The van der Waals surface area contributed by atoms with Crippen molar-refractivity contribution in [1.82, 2.24) is 15.2 Å². The number of nitrogens with one attached hydrogen (secondary N) is 1. The van der Waals surface area contributed by atoms with E-state index in [0.717, 1.165) is 5.56 Å². The number of hydrogen-bond acceptors (Lipinski definition) is 6. The topological polar surface area (TPSA) is 123 Å². The predicted octanol–water partition coefficient (Wildman–Crippen LogP) is 3.07. The molecule has 1 heterocycles. The van der Waals surface area contributed by atoms with Gasteiger partial charge in [-0.25, -0.2) is 5.43 Å². The monoisotopic (exact) mass is 443 g/mol. The molecule has 0 saturated carbocycles. The fourth-order valence-electron chi connectivity index (χ4n) is 2.35. The fraction of sp³-hybridized carbons (Fsp3) is 0.0556. The summed E-state index contributed by atoms with van der Waals surface area (Å²) in [5, 5.41) is 28.4. The molecule has 0 aliphatic rings. The summed E-state index contributed by atoms with van der Waals surface area (Å²) < 4.78 is 2.01. The van der Waals surface area contributed by atoms with Crippen LogP contribution in [0.15, 0.2) is 64.3 Å². The number of carbonyl (C=O) groups is 1. The summed E-state index contributed by atoms with van der Waals surface area (Å²) in [7, 11) is 0. The molecule has 3 aromatic rings. The third-order valence-corrected chi connectivity index (χ3v) is 4.31. The lowest BCUT2D eigenvalue weighted by Gasteiger charge is -2.01. The molecule has 28 heavy (non-hydrogen) atoms. The Morgan fingerprint density at radius 3 is 2.68 bits per heavy atom. The van der Waals surface area contributed by atoms with Crippen molar-refractivity contribution < 1.29 is 14.8 Å². The minimum atomic E-state index is -0.527. The summed E-state index contributed by atoms with van der Waals surface area (Å²) in [5.74, 6) is -0.477. The summed E-state index contributed by atoms with van der Waals surface area (Å²) in [5.41, 5.74) is 3.75. The first-order valence-corrected chi connectivity index (χ1v) is 8.81. The molecule has 1 amide bonds. The van der Waals surface area contributed by atoms with Crippen LogP contribution < -0.4 is 5.43 Å². The van der Waals surface area contributed by atoms with Gasteiger partial charge in [-0.2, -0.15) is 10.2 Å². The fourth-order valence-corrected chi connectivity index (χ4v) is 2.85. The SMILES string of the molecule is O=C(NN=Cc1ccccc1O)c1nn(Cc2ccc([N+](=O)[O-])cc2)cc1Br. The summed E-state index contributed by atoms with van der Waals surface area (Å²) in [6.45, 7) is 0.338. The van der Waals surface area contributed by atoms with Crippen molar-refractivity contribution >= 4 is 33.7 Å². The van der Waals surface area contributed by atoms with Gasteiger partial charge in [0.1, 0.15) is 5.75 Å². The summed E-state index contributed by atoms with van der Waals surface area (Å²) >= 11 is 3.28. The highest BCUT2D eigenvalue weighted by molar-refractivity contribution is 9.10. The lowest BCUT2D eigenvalue weighted by atomic mass is 10.2. The Balaban J connectivity index is 1.66. The molecule has 0 saturated heterocycles. The van der Waals surface area contributed by atoms with E-state index in [9.17, 15) is 20.0 Å². The number of hydrogen-bond donors (Lipinski definition) is 2. The average molecular weight is 444 g/mol. The van der Waals surface area contributed by atoms with Gasteiger partial charge in [-0.05, 0) is 33.6 Å². The predicted molar refractivity (Wildman–Crippen MR) is 105 cm³/mol. The third-order valence-electron chi connectivity index (χ3n) is 3.73. The molecule has 0 unspecified atom stereocenters. The number of nitro benzene ring substituents is 1. The van der Waals surface area contributed by atoms with Gasteiger partial charge in [0, 0.05) is 23.9 Å². The number of amides is 1. The van der Waals surface area contributed by atoms with Crippen molar-refractivity contribution in [3.63, 3.8) is 0 Å². The lowest BCUT2D eigenvalue weighted by molar-refractivity contribution is -0.384. The number of aromatic nitrogens is 2. The quantitative estimate of drug-likeness (QED) is 0.344. The van der Waals surface area contributed by atoms with E-state index in [1.165, 1.54) is 29.1 Å². The number of phenols is 1. The van der Waals surface area contributed by atoms with E-state index in [4.69, 9.17) is 0 Å². The number of halogens is 1. The number of hydrazone groups is 1. The van der Waals surface area contributed by atoms with E-state index in [1.807, 2.05) is 0 Å². The molecule has 0 aliphatic heterocycles. The van der Waals surface area contributed by atoms with Crippen molar-refractivity contribution in [2.75, 3.05) is 0 Å². The van der Waals surface area contributed by atoms with E-state index < -0.39 is 10.8 Å². The van der Waals surface area contributed by atoms with Crippen molar-refractivity contribution in [2.24, 2.45) is 5.10 Å². The third kappa shape index (κ3) is 4.60. The molecule has 0 aliphatic carbocycles. The molecule has 1 aromatic heterocycles. The van der Waals surface area contributed by atoms with E-state index >= 15 is 0 Å². The normalized spacial score (nSPS) is 10.9. The zero-order valence-electron chi connectivity index (χ0n) is 14.3. The molecule has 9 nitrogen and oxygen atoms in total. The zero-order valence-corrected chi connectivity index (χ0v) is 15.9. The van der Waals surface area contributed by atoms with Gasteiger partial charge in [-0.1, -0.05) is 24.3 Å². The average Bonchev–Trinajstić information content (AvgIpc) is 3.04. The Morgan fingerprint density at radius 2 is 2.00 bits per heavy atom. The van der Waals surface area contributed by atoms with E-state index in [1.54, 1.807) is 36.5 Å². The minimum absolute atomic E-state index is 0.00720. The number of non-ortho nitro benzene ring substituents is 1. The van der Waals surface area contributed by atoms with E-state index in [-0.39, 0.29) is 17.1 Å². The van der Waals surface area contributed by atoms with Crippen LogP contribution in [-0.2, 0) is 6.54 Å². The maximum atomic E-state index is 12.3. The van der Waals surface area contributed by atoms with Crippen LogP contribution >= 0.6 is 15.9 Å². The highest BCUT2D eigenvalue weighted by Gasteiger charge is 2.15. The highest BCUT2D eigenvalue weighted by Crippen LogP contribution is 2.17. The van der Waals surface area contributed by atoms with Crippen LogP contribution in [0.3, 0.4) is 0 Å². The zero-order chi connectivity index (χ0) is 20.1. The number of phenolic OH excluding ortho intramolecular Hbond substituents is 1. The first-order valence-electron chi connectivity index (χ1n) is 8.01. The van der Waals surface area contributed by atoms with E-state index in [0.29, 0.717) is 16.6 Å². The molecular formula is C18H14BrN5O4. The van der Waals surface area contributed by atoms with Crippen LogP contribution in [-0.4, -0.2) is 31.9 Å². The van der Waals surface area contributed by atoms with Crippen molar-refractivity contribution in [3.8, 4) is 5.75 Å². The van der Waals surface area contributed by atoms with Gasteiger partial charge in [0.05, 0.1) is 22.2 Å². The number of para-hydroxylation sites is 1. The first kappa shape index (κ1) is 19.2. The van der Waals surface area contributed by atoms with Gasteiger partial charge in [0.2, 0.25) is 0 Å². The lowest BCUT2D eigenvalue weighted by Crippen LogP contribution is -2.19. The number of rotatable bonds is 6. The standard InChI is InChI=1S/C18H14BrN5O4/c19-15-11-23(10-12-5-7-14(8-6-12)24(27)28)22-17(15)18(26)21-20-9-13-3-1-2-4-16(13)25/h1-9,11,25H,10H2,(H,21,26). The van der Waals surface area contributed by atoms with Crippen LogP contribution in [0.5, 0.6) is 5.75 Å². The number of carbonyl (C=O) groups excluding carboxylic acids is 1. The molecule has 0 fully saturated rings. The second-order valence-electron chi connectivity index (χ2n) is 5.70. The maximum Gasteiger partial charge on any atom is 0.293 e. The van der Waals surface area contributed by atoms with E-state index in [2.05, 4.69) is 31.6 Å². The maximum absolute atomic E-state index is 12.3. The Morgan fingerprint density at radius 1 is 1.29 bits per heavy atom. The molecule has 2 N–H and O–H groups in total. The van der Waals surface area contributed by atoms with Crippen LogP contribution in [0.1, 0.15) is 21.6 Å². The smallest absolute Gasteiger partial charge is 0.293 e. The van der Waals surface area contributed by atoms with Crippen LogP contribution in [0.25, 0.3) is 0 Å². The molecule has 2 aromatic carbocycles. The number of nitro groups is 1. The number of benzene rings is 2. The number of aromatic hydroxyl groups is 1. The molecular weight excluding hydrogens is 430 g/mol. The molecule has 0 spiro atoms. The number of nitrogens with zero attached hydrogens (tertiary/aromatic N) is 4. The van der Waals surface area contributed by atoms with Crippen LogP contribution in [0.4, 0.5) is 5.69 Å². The minimum Gasteiger partial charge on any atom is -0.507 e.